The Morgan fingerprint density at radius 1 is 1.21 bits per heavy atom. The van der Waals surface area contributed by atoms with Crippen LogP contribution in [0.15, 0.2) is 24.3 Å². The molecular formula is C17H27NO. The third kappa shape index (κ3) is 3.97. The molecule has 0 N–H and O–H groups in total. The summed E-state index contributed by atoms with van der Waals surface area (Å²) in [6.07, 6.45) is 6.89. The van der Waals surface area contributed by atoms with Crippen LogP contribution in [-0.2, 0) is 6.54 Å². The SMILES string of the molecule is CC[C@H]1CC[C@H](N(C)Cc2cccc(OC)c2)CC1. The van der Waals surface area contributed by atoms with Crippen molar-refractivity contribution in [1.29, 1.82) is 0 Å². The molecule has 19 heavy (non-hydrogen) atoms. The summed E-state index contributed by atoms with van der Waals surface area (Å²) in [4.78, 5) is 2.51. The molecular weight excluding hydrogens is 234 g/mol. The van der Waals surface area contributed by atoms with Gasteiger partial charge in [0.1, 0.15) is 5.75 Å². The average molecular weight is 261 g/mol. The lowest BCUT2D eigenvalue weighted by Gasteiger charge is -2.34. The summed E-state index contributed by atoms with van der Waals surface area (Å²) in [5, 5.41) is 0. The van der Waals surface area contributed by atoms with Gasteiger partial charge >= 0.3 is 0 Å². The van der Waals surface area contributed by atoms with Crippen molar-refractivity contribution in [3.8, 4) is 5.75 Å². The maximum Gasteiger partial charge on any atom is 0.119 e. The van der Waals surface area contributed by atoms with Gasteiger partial charge in [-0.2, -0.15) is 0 Å². The van der Waals surface area contributed by atoms with Crippen molar-refractivity contribution in [3.05, 3.63) is 29.8 Å². The van der Waals surface area contributed by atoms with Crippen LogP contribution in [0.5, 0.6) is 5.75 Å². The first-order valence-electron chi connectivity index (χ1n) is 7.56. The van der Waals surface area contributed by atoms with E-state index in [1.807, 2.05) is 6.07 Å². The fraction of sp³-hybridized carbons (Fsp3) is 0.647. The van der Waals surface area contributed by atoms with E-state index >= 15 is 0 Å². The first-order valence-corrected chi connectivity index (χ1v) is 7.56. The fourth-order valence-corrected chi connectivity index (χ4v) is 3.18. The monoisotopic (exact) mass is 261 g/mol. The van der Waals surface area contributed by atoms with E-state index in [1.54, 1.807) is 7.11 Å². The minimum absolute atomic E-state index is 0.758. The van der Waals surface area contributed by atoms with Gasteiger partial charge in [-0.05, 0) is 56.3 Å². The molecule has 1 aliphatic rings. The van der Waals surface area contributed by atoms with Crippen molar-refractivity contribution in [2.75, 3.05) is 14.2 Å². The van der Waals surface area contributed by atoms with Crippen molar-refractivity contribution in [1.82, 2.24) is 4.90 Å². The van der Waals surface area contributed by atoms with E-state index in [2.05, 4.69) is 37.1 Å². The van der Waals surface area contributed by atoms with Gasteiger partial charge in [0.15, 0.2) is 0 Å². The Kier molecular flexibility index (Phi) is 5.26. The van der Waals surface area contributed by atoms with Crippen molar-refractivity contribution in [3.63, 3.8) is 0 Å². The number of ether oxygens (including phenoxy) is 1. The van der Waals surface area contributed by atoms with Crippen LogP contribution in [-0.4, -0.2) is 25.1 Å². The number of hydrogen-bond acceptors (Lipinski definition) is 2. The number of hydrogen-bond donors (Lipinski definition) is 0. The molecule has 0 bridgehead atoms. The summed E-state index contributed by atoms with van der Waals surface area (Å²) >= 11 is 0. The predicted molar refractivity (Wildman–Crippen MR) is 80.5 cm³/mol. The number of nitrogens with zero attached hydrogens (tertiary/aromatic N) is 1. The van der Waals surface area contributed by atoms with Crippen LogP contribution in [0.3, 0.4) is 0 Å². The van der Waals surface area contributed by atoms with Crippen LogP contribution < -0.4 is 4.74 Å². The van der Waals surface area contributed by atoms with E-state index in [9.17, 15) is 0 Å². The van der Waals surface area contributed by atoms with E-state index in [-0.39, 0.29) is 0 Å². The van der Waals surface area contributed by atoms with Gasteiger partial charge in [0.05, 0.1) is 7.11 Å². The van der Waals surface area contributed by atoms with Crippen molar-refractivity contribution < 1.29 is 4.74 Å². The zero-order chi connectivity index (χ0) is 13.7. The lowest BCUT2D eigenvalue weighted by Crippen LogP contribution is -2.34. The molecule has 2 rings (SSSR count). The lowest BCUT2D eigenvalue weighted by molar-refractivity contribution is 0.157. The van der Waals surface area contributed by atoms with Crippen molar-refractivity contribution in [2.45, 2.75) is 51.6 Å². The van der Waals surface area contributed by atoms with E-state index in [0.717, 1.165) is 24.3 Å². The molecule has 2 heteroatoms. The van der Waals surface area contributed by atoms with E-state index in [1.165, 1.54) is 37.7 Å². The Hall–Kier alpha value is -1.02. The van der Waals surface area contributed by atoms with Gasteiger partial charge in [0.25, 0.3) is 0 Å². The highest BCUT2D eigenvalue weighted by Gasteiger charge is 2.22. The second-order valence-corrected chi connectivity index (χ2v) is 5.85. The molecule has 0 aromatic heterocycles. The lowest BCUT2D eigenvalue weighted by atomic mass is 9.84. The Labute approximate surface area is 117 Å². The molecule has 1 fully saturated rings. The van der Waals surface area contributed by atoms with E-state index < -0.39 is 0 Å². The van der Waals surface area contributed by atoms with Gasteiger partial charge in [0.2, 0.25) is 0 Å². The Bertz CT molecular complexity index is 383. The third-order valence-corrected chi connectivity index (χ3v) is 4.58. The summed E-state index contributed by atoms with van der Waals surface area (Å²) in [5.41, 5.74) is 1.35. The Morgan fingerprint density at radius 3 is 2.58 bits per heavy atom. The molecule has 1 saturated carbocycles. The maximum absolute atomic E-state index is 5.29. The van der Waals surface area contributed by atoms with Gasteiger partial charge < -0.3 is 4.74 Å². The van der Waals surface area contributed by atoms with Crippen LogP contribution in [0.1, 0.15) is 44.6 Å². The summed E-state index contributed by atoms with van der Waals surface area (Å²) in [5.74, 6) is 1.93. The zero-order valence-electron chi connectivity index (χ0n) is 12.6. The molecule has 1 aromatic carbocycles. The molecule has 1 aliphatic carbocycles. The molecule has 0 saturated heterocycles. The molecule has 0 atom stereocenters. The molecule has 0 spiro atoms. The summed E-state index contributed by atoms with van der Waals surface area (Å²) in [6.45, 7) is 3.35. The smallest absolute Gasteiger partial charge is 0.119 e. The van der Waals surface area contributed by atoms with Gasteiger partial charge in [-0.1, -0.05) is 25.5 Å². The zero-order valence-corrected chi connectivity index (χ0v) is 12.6. The van der Waals surface area contributed by atoms with Gasteiger partial charge in [-0.15, -0.1) is 0 Å². The minimum atomic E-state index is 0.758. The average Bonchev–Trinajstić information content (AvgIpc) is 2.47. The molecule has 0 aliphatic heterocycles. The van der Waals surface area contributed by atoms with Crippen LogP contribution in [0.2, 0.25) is 0 Å². The quantitative estimate of drug-likeness (QED) is 0.791. The highest BCUT2D eigenvalue weighted by Crippen LogP contribution is 2.29. The Morgan fingerprint density at radius 2 is 1.95 bits per heavy atom. The van der Waals surface area contributed by atoms with Crippen LogP contribution in [0.4, 0.5) is 0 Å². The van der Waals surface area contributed by atoms with E-state index in [0.29, 0.717) is 0 Å². The van der Waals surface area contributed by atoms with Gasteiger partial charge in [-0.25, -0.2) is 0 Å². The topological polar surface area (TPSA) is 12.5 Å². The number of methoxy groups -OCH3 is 1. The van der Waals surface area contributed by atoms with Crippen LogP contribution in [0, 0.1) is 5.92 Å². The molecule has 106 valence electrons. The van der Waals surface area contributed by atoms with Crippen molar-refractivity contribution >= 4 is 0 Å². The van der Waals surface area contributed by atoms with Crippen molar-refractivity contribution in [2.24, 2.45) is 5.92 Å². The molecule has 1 aromatic rings. The molecule has 0 radical (unpaired) electrons. The molecule has 2 nitrogen and oxygen atoms in total. The largest absolute Gasteiger partial charge is 0.497 e. The summed E-state index contributed by atoms with van der Waals surface area (Å²) in [6, 6.07) is 9.19. The van der Waals surface area contributed by atoms with Crippen LogP contribution >= 0.6 is 0 Å². The van der Waals surface area contributed by atoms with Gasteiger partial charge in [-0.3, -0.25) is 4.90 Å². The fourth-order valence-electron chi connectivity index (χ4n) is 3.18. The molecule has 0 amide bonds. The summed E-state index contributed by atoms with van der Waals surface area (Å²) < 4.78 is 5.29. The summed E-state index contributed by atoms with van der Waals surface area (Å²) in [7, 11) is 3.99. The molecule has 0 heterocycles. The van der Waals surface area contributed by atoms with E-state index in [4.69, 9.17) is 4.74 Å². The second kappa shape index (κ2) is 6.95. The first-order chi connectivity index (χ1) is 9.22. The number of benzene rings is 1. The normalized spacial score (nSPS) is 23.6. The second-order valence-electron chi connectivity index (χ2n) is 5.85. The standard InChI is InChI=1S/C17H27NO/c1-4-14-8-10-16(11-9-14)18(2)13-15-6-5-7-17(12-15)19-3/h5-7,12,14,16H,4,8-11,13H2,1-3H3/t14-,16-. The predicted octanol–water partition coefficient (Wildman–Crippen LogP) is 4.10. The minimum Gasteiger partial charge on any atom is -0.497 e. The molecule has 0 unspecified atom stereocenters. The highest BCUT2D eigenvalue weighted by molar-refractivity contribution is 5.28. The number of rotatable bonds is 5. The van der Waals surface area contributed by atoms with Crippen LogP contribution in [0.25, 0.3) is 0 Å². The Balaban J connectivity index is 1.88. The first kappa shape index (κ1) is 14.4. The van der Waals surface area contributed by atoms with Gasteiger partial charge in [0, 0.05) is 12.6 Å². The third-order valence-electron chi connectivity index (χ3n) is 4.58. The maximum atomic E-state index is 5.29. The highest BCUT2D eigenvalue weighted by atomic mass is 16.5.